The lowest BCUT2D eigenvalue weighted by atomic mass is 9.93. The summed E-state index contributed by atoms with van der Waals surface area (Å²) in [5.74, 6) is 0.0470. The average Bonchev–Trinajstić information content (AvgIpc) is 2.85. The maximum atomic E-state index is 12.4. The van der Waals surface area contributed by atoms with Gasteiger partial charge in [-0.15, -0.1) is 11.3 Å². The van der Waals surface area contributed by atoms with Gasteiger partial charge < -0.3 is 10.0 Å². The molecule has 1 amide bonds. The van der Waals surface area contributed by atoms with E-state index in [1.807, 2.05) is 30.0 Å². The molecule has 1 aromatic heterocycles. The molecule has 5 heteroatoms. The molecule has 0 spiro atoms. The highest BCUT2D eigenvalue weighted by atomic mass is 32.1. The predicted octanol–water partition coefficient (Wildman–Crippen LogP) is 2.28. The summed E-state index contributed by atoms with van der Waals surface area (Å²) in [5.41, 5.74) is 2.80. The van der Waals surface area contributed by atoms with Crippen molar-refractivity contribution in [3.8, 4) is 0 Å². The van der Waals surface area contributed by atoms with Crippen LogP contribution < -0.4 is 0 Å². The zero-order chi connectivity index (χ0) is 13.5. The Morgan fingerprint density at radius 2 is 2.16 bits per heavy atom. The van der Waals surface area contributed by atoms with Gasteiger partial charge in [0.2, 0.25) is 0 Å². The number of hydrogen-bond acceptors (Lipinski definition) is 4. The summed E-state index contributed by atoms with van der Waals surface area (Å²) in [7, 11) is 0. The molecule has 1 N–H and O–H groups in total. The highest BCUT2D eigenvalue weighted by molar-refractivity contribution is 7.16. The molecule has 1 fully saturated rings. The number of aromatic nitrogens is 1. The molecule has 4 nitrogen and oxygen atoms in total. The molecule has 19 heavy (non-hydrogen) atoms. The van der Waals surface area contributed by atoms with Crippen LogP contribution in [0.25, 0.3) is 10.2 Å². The second-order valence-corrected chi connectivity index (χ2v) is 6.21. The fraction of sp³-hybridized carbons (Fsp3) is 0.429. The third kappa shape index (κ3) is 2.48. The van der Waals surface area contributed by atoms with Crippen LogP contribution in [0.4, 0.5) is 0 Å². The van der Waals surface area contributed by atoms with E-state index in [0.29, 0.717) is 31.5 Å². The number of fused-ring (bicyclic) bond motifs is 1. The number of piperidine rings is 1. The standard InChI is InChI=1S/C14H16N2O2S/c1-14(18)4-6-16(7-5-14)13(17)10-2-3-11-12(8-10)19-9-15-11/h2-3,8-9,18H,4-7H2,1H3. The van der Waals surface area contributed by atoms with Crippen molar-refractivity contribution in [3.63, 3.8) is 0 Å². The van der Waals surface area contributed by atoms with Crippen molar-refractivity contribution in [2.24, 2.45) is 0 Å². The maximum absolute atomic E-state index is 12.4. The van der Waals surface area contributed by atoms with Crippen LogP contribution in [-0.2, 0) is 0 Å². The molecular formula is C14H16N2O2S. The molecule has 0 unspecified atom stereocenters. The molecule has 0 atom stereocenters. The highest BCUT2D eigenvalue weighted by Crippen LogP contribution is 2.24. The maximum Gasteiger partial charge on any atom is 0.253 e. The zero-order valence-electron chi connectivity index (χ0n) is 10.8. The second-order valence-electron chi connectivity index (χ2n) is 5.32. The van der Waals surface area contributed by atoms with E-state index in [1.165, 1.54) is 0 Å². The Hall–Kier alpha value is -1.46. The summed E-state index contributed by atoms with van der Waals surface area (Å²) < 4.78 is 1.04. The minimum Gasteiger partial charge on any atom is -0.390 e. The van der Waals surface area contributed by atoms with Gasteiger partial charge >= 0.3 is 0 Å². The van der Waals surface area contributed by atoms with Gasteiger partial charge in [0.05, 0.1) is 21.3 Å². The third-order valence-corrected chi connectivity index (χ3v) is 4.50. The summed E-state index contributed by atoms with van der Waals surface area (Å²) in [6, 6.07) is 5.62. The number of amides is 1. The molecule has 1 aliphatic rings. The molecule has 2 heterocycles. The van der Waals surface area contributed by atoms with Crippen LogP contribution in [0, 0.1) is 0 Å². The van der Waals surface area contributed by atoms with Gasteiger partial charge in [-0.2, -0.15) is 0 Å². The topological polar surface area (TPSA) is 53.4 Å². The lowest BCUT2D eigenvalue weighted by Crippen LogP contribution is -2.45. The fourth-order valence-electron chi connectivity index (χ4n) is 2.36. The van der Waals surface area contributed by atoms with Crippen molar-refractivity contribution in [1.82, 2.24) is 9.88 Å². The van der Waals surface area contributed by atoms with Crippen LogP contribution in [0.3, 0.4) is 0 Å². The number of carbonyl (C=O) groups excluding carboxylic acids is 1. The molecule has 0 aliphatic carbocycles. The van der Waals surface area contributed by atoms with Crippen molar-refractivity contribution in [3.05, 3.63) is 29.3 Å². The zero-order valence-corrected chi connectivity index (χ0v) is 11.6. The van der Waals surface area contributed by atoms with Crippen LogP contribution in [0.1, 0.15) is 30.1 Å². The van der Waals surface area contributed by atoms with Crippen LogP contribution in [0.5, 0.6) is 0 Å². The van der Waals surface area contributed by atoms with Crippen LogP contribution in [0.15, 0.2) is 23.7 Å². The number of carbonyl (C=O) groups is 1. The number of likely N-dealkylation sites (tertiary alicyclic amines) is 1. The van der Waals surface area contributed by atoms with Gasteiger partial charge in [0, 0.05) is 18.7 Å². The summed E-state index contributed by atoms with van der Waals surface area (Å²) in [6.07, 6.45) is 1.28. The number of hydrogen-bond donors (Lipinski definition) is 1. The second kappa shape index (κ2) is 4.58. The van der Waals surface area contributed by atoms with Gasteiger partial charge in [0.1, 0.15) is 0 Å². The summed E-state index contributed by atoms with van der Waals surface area (Å²) in [6.45, 7) is 3.07. The molecule has 3 rings (SSSR count). The van der Waals surface area contributed by atoms with Crippen LogP contribution in [-0.4, -0.2) is 39.6 Å². The molecule has 1 saturated heterocycles. The molecule has 2 aromatic rings. The number of aliphatic hydroxyl groups is 1. The molecular weight excluding hydrogens is 260 g/mol. The first-order valence-corrected chi connectivity index (χ1v) is 7.28. The quantitative estimate of drug-likeness (QED) is 0.869. The third-order valence-electron chi connectivity index (χ3n) is 3.71. The van der Waals surface area contributed by atoms with Crippen LogP contribution >= 0.6 is 11.3 Å². The largest absolute Gasteiger partial charge is 0.390 e. The SMILES string of the molecule is CC1(O)CCN(C(=O)c2ccc3ncsc3c2)CC1. The molecule has 1 aliphatic heterocycles. The monoisotopic (exact) mass is 276 g/mol. The summed E-state index contributed by atoms with van der Waals surface area (Å²) in [5, 5.41) is 9.91. The van der Waals surface area contributed by atoms with E-state index < -0.39 is 5.60 Å². The van der Waals surface area contributed by atoms with Crippen molar-refractivity contribution < 1.29 is 9.90 Å². The summed E-state index contributed by atoms with van der Waals surface area (Å²) in [4.78, 5) is 18.4. The Bertz CT molecular complexity index is 611. The van der Waals surface area contributed by atoms with E-state index in [-0.39, 0.29) is 5.91 Å². The first kappa shape index (κ1) is 12.6. The van der Waals surface area contributed by atoms with Gasteiger partial charge in [-0.3, -0.25) is 4.79 Å². The normalized spacial score (nSPS) is 18.7. The van der Waals surface area contributed by atoms with E-state index in [2.05, 4.69) is 4.98 Å². The van der Waals surface area contributed by atoms with Gasteiger partial charge in [-0.25, -0.2) is 4.98 Å². The van der Waals surface area contributed by atoms with Gasteiger partial charge in [0.15, 0.2) is 0 Å². The Morgan fingerprint density at radius 3 is 2.89 bits per heavy atom. The van der Waals surface area contributed by atoms with Crippen molar-refractivity contribution in [1.29, 1.82) is 0 Å². The highest BCUT2D eigenvalue weighted by Gasteiger charge is 2.29. The Labute approximate surface area is 115 Å². The molecule has 100 valence electrons. The van der Waals surface area contributed by atoms with E-state index in [4.69, 9.17) is 0 Å². The smallest absolute Gasteiger partial charge is 0.253 e. The van der Waals surface area contributed by atoms with Crippen LogP contribution in [0.2, 0.25) is 0 Å². The lowest BCUT2D eigenvalue weighted by molar-refractivity contribution is -0.00201. The van der Waals surface area contributed by atoms with E-state index in [1.54, 1.807) is 16.8 Å². The van der Waals surface area contributed by atoms with Crippen molar-refractivity contribution in [2.45, 2.75) is 25.4 Å². The van der Waals surface area contributed by atoms with E-state index in [9.17, 15) is 9.90 Å². The summed E-state index contributed by atoms with van der Waals surface area (Å²) >= 11 is 1.54. The predicted molar refractivity (Wildman–Crippen MR) is 75.4 cm³/mol. The Balaban J connectivity index is 1.80. The van der Waals surface area contributed by atoms with Gasteiger partial charge in [-0.1, -0.05) is 0 Å². The molecule has 0 saturated carbocycles. The first-order valence-electron chi connectivity index (χ1n) is 6.40. The average molecular weight is 276 g/mol. The van der Waals surface area contributed by atoms with Crippen molar-refractivity contribution in [2.75, 3.05) is 13.1 Å². The Morgan fingerprint density at radius 1 is 1.42 bits per heavy atom. The minimum absolute atomic E-state index is 0.0470. The molecule has 0 bridgehead atoms. The first-order chi connectivity index (χ1) is 9.05. The van der Waals surface area contributed by atoms with Gasteiger partial charge in [-0.05, 0) is 38.0 Å². The number of thiazole rings is 1. The lowest BCUT2D eigenvalue weighted by Gasteiger charge is -2.35. The number of benzene rings is 1. The van der Waals surface area contributed by atoms with Crippen molar-refractivity contribution >= 4 is 27.5 Å². The van der Waals surface area contributed by atoms with E-state index in [0.717, 1.165) is 10.2 Å². The molecule has 1 aromatic carbocycles. The number of rotatable bonds is 1. The number of nitrogens with zero attached hydrogens (tertiary/aromatic N) is 2. The molecule has 0 radical (unpaired) electrons. The minimum atomic E-state index is -0.627. The Kier molecular flexibility index (Phi) is 3.03. The van der Waals surface area contributed by atoms with Gasteiger partial charge in [0.25, 0.3) is 5.91 Å². The fourth-order valence-corrected chi connectivity index (χ4v) is 3.08. The van der Waals surface area contributed by atoms with E-state index >= 15 is 0 Å².